The number of carboxylic acid groups (broad SMARTS) is 1. The molecule has 9 nitrogen and oxygen atoms in total. The van der Waals surface area contributed by atoms with Gasteiger partial charge in [0.25, 0.3) is 11.8 Å². The molecular formula is C26H23BrN2O7. The minimum absolute atomic E-state index is 0.0503. The Morgan fingerprint density at radius 3 is 2.25 bits per heavy atom. The molecule has 0 saturated carbocycles. The Balaban J connectivity index is 2.04. The van der Waals surface area contributed by atoms with Crippen molar-refractivity contribution in [2.24, 2.45) is 0 Å². The van der Waals surface area contributed by atoms with Gasteiger partial charge in [-0.1, -0.05) is 12.1 Å². The summed E-state index contributed by atoms with van der Waals surface area (Å²) in [6.07, 6.45) is 1.44. The maximum atomic E-state index is 13.4. The lowest BCUT2D eigenvalue weighted by Gasteiger charge is -2.15. The summed E-state index contributed by atoms with van der Waals surface area (Å²) in [5.74, 6) is -1.24. The van der Waals surface area contributed by atoms with Crippen LogP contribution in [0.15, 0.2) is 70.8 Å². The molecule has 0 aromatic heterocycles. The van der Waals surface area contributed by atoms with E-state index in [1.807, 2.05) is 0 Å². The molecule has 2 amide bonds. The Hall–Kier alpha value is -4.31. The number of benzene rings is 3. The Kier molecular flexibility index (Phi) is 8.69. The van der Waals surface area contributed by atoms with Gasteiger partial charge in [0.2, 0.25) is 0 Å². The number of methoxy groups -OCH3 is 3. The van der Waals surface area contributed by atoms with E-state index in [1.165, 1.54) is 45.6 Å². The van der Waals surface area contributed by atoms with E-state index in [2.05, 4.69) is 26.6 Å². The number of aromatic carboxylic acids is 1. The van der Waals surface area contributed by atoms with Gasteiger partial charge in [-0.05, 0) is 64.5 Å². The highest BCUT2D eigenvalue weighted by Crippen LogP contribution is 2.28. The average Bonchev–Trinajstić information content (AvgIpc) is 2.88. The Bertz CT molecular complexity index is 1340. The number of anilines is 1. The first-order valence-electron chi connectivity index (χ1n) is 10.5. The first kappa shape index (κ1) is 26.3. The number of amides is 2. The molecule has 0 aliphatic heterocycles. The molecule has 0 saturated heterocycles. The van der Waals surface area contributed by atoms with Crippen molar-refractivity contribution in [3.8, 4) is 17.2 Å². The van der Waals surface area contributed by atoms with Gasteiger partial charge in [-0.3, -0.25) is 9.59 Å². The van der Waals surface area contributed by atoms with E-state index in [1.54, 1.807) is 42.5 Å². The first-order chi connectivity index (χ1) is 17.3. The van der Waals surface area contributed by atoms with Crippen molar-refractivity contribution in [2.45, 2.75) is 0 Å². The van der Waals surface area contributed by atoms with Crippen molar-refractivity contribution < 1.29 is 33.7 Å². The highest BCUT2D eigenvalue weighted by molar-refractivity contribution is 9.10. The topological polar surface area (TPSA) is 123 Å². The van der Waals surface area contributed by atoms with Crippen LogP contribution in [0.4, 0.5) is 5.69 Å². The fraction of sp³-hybridized carbons (Fsp3) is 0.115. The molecule has 3 aromatic rings. The highest BCUT2D eigenvalue weighted by atomic mass is 79.9. The molecule has 0 unspecified atom stereocenters. The summed E-state index contributed by atoms with van der Waals surface area (Å²) in [6.45, 7) is 0. The van der Waals surface area contributed by atoms with Crippen LogP contribution < -0.4 is 24.8 Å². The summed E-state index contributed by atoms with van der Waals surface area (Å²) in [6, 6.07) is 15.8. The molecule has 0 bridgehead atoms. The van der Waals surface area contributed by atoms with E-state index in [9.17, 15) is 19.5 Å². The summed E-state index contributed by atoms with van der Waals surface area (Å²) in [4.78, 5) is 37.8. The summed E-state index contributed by atoms with van der Waals surface area (Å²) in [5, 5.41) is 14.6. The van der Waals surface area contributed by atoms with Gasteiger partial charge in [0, 0.05) is 16.1 Å². The van der Waals surface area contributed by atoms with Gasteiger partial charge in [0.1, 0.15) is 22.9 Å². The molecule has 186 valence electrons. The molecule has 0 spiro atoms. The van der Waals surface area contributed by atoms with Crippen LogP contribution in [0.2, 0.25) is 0 Å². The van der Waals surface area contributed by atoms with Gasteiger partial charge >= 0.3 is 5.97 Å². The van der Waals surface area contributed by atoms with Crippen molar-refractivity contribution in [1.29, 1.82) is 0 Å². The van der Waals surface area contributed by atoms with Gasteiger partial charge in [-0.25, -0.2) is 4.79 Å². The number of hydrogen-bond acceptors (Lipinski definition) is 6. The Morgan fingerprint density at radius 1 is 0.889 bits per heavy atom. The number of halogens is 1. The van der Waals surface area contributed by atoms with E-state index in [0.29, 0.717) is 27.1 Å². The SMILES string of the molecule is COc1ccc(C=C(NC(=O)c2ccccc2Br)C(=O)Nc2cc(C(=O)O)ccc2OC)c(OC)c1. The van der Waals surface area contributed by atoms with Gasteiger partial charge in [-0.15, -0.1) is 0 Å². The summed E-state index contributed by atoms with van der Waals surface area (Å²) in [7, 11) is 4.37. The predicted molar refractivity (Wildman–Crippen MR) is 138 cm³/mol. The zero-order valence-corrected chi connectivity index (χ0v) is 21.2. The number of hydrogen-bond donors (Lipinski definition) is 3. The number of carbonyl (C=O) groups excluding carboxylic acids is 2. The summed E-state index contributed by atoms with van der Waals surface area (Å²) in [5.41, 5.74) is 0.739. The molecule has 0 fully saturated rings. The van der Waals surface area contributed by atoms with E-state index in [4.69, 9.17) is 14.2 Å². The van der Waals surface area contributed by atoms with Crippen LogP contribution in [0.3, 0.4) is 0 Å². The maximum absolute atomic E-state index is 13.4. The first-order valence-corrected chi connectivity index (χ1v) is 11.3. The molecule has 0 aliphatic carbocycles. The van der Waals surface area contributed by atoms with Gasteiger partial charge in [-0.2, -0.15) is 0 Å². The molecule has 36 heavy (non-hydrogen) atoms. The molecular weight excluding hydrogens is 532 g/mol. The van der Waals surface area contributed by atoms with Crippen molar-refractivity contribution in [3.05, 3.63) is 87.5 Å². The van der Waals surface area contributed by atoms with Crippen LogP contribution in [0.5, 0.6) is 17.2 Å². The predicted octanol–water partition coefficient (Wildman–Crippen LogP) is 4.58. The molecule has 10 heteroatoms. The van der Waals surface area contributed by atoms with Gasteiger partial charge in [0.05, 0.1) is 38.1 Å². The maximum Gasteiger partial charge on any atom is 0.335 e. The zero-order chi connectivity index (χ0) is 26.2. The Labute approximate surface area is 215 Å². The van der Waals surface area contributed by atoms with E-state index in [0.717, 1.165) is 0 Å². The quantitative estimate of drug-likeness (QED) is 0.330. The van der Waals surface area contributed by atoms with Crippen LogP contribution in [0.25, 0.3) is 6.08 Å². The third-order valence-corrected chi connectivity index (χ3v) is 5.74. The van der Waals surface area contributed by atoms with Gasteiger partial charge < -0.3 is 30.0 Å². The highest BCUT2D eigenvalue weighted by Gasteiger charge is 2.19. The number of nitrogens with one attached hydrogen (secondary N) is 2. The number of carboxylic acids is 1. The lowest BCUT2D eigenvalue weighted by molar-refractivity contribution is -0.113. The largest absolute Gasteiger partial charge is 0.497 e. The second-order valence-corrected chi connectivity index (χ2v) is 8.13. The third-order valence-electron chi connectivity index (χ3n) is 5.05. The average molecular weight is 555 g/mol. The summed E-state index contributed by atoms with van der Waals surface area (Å²) < 4.78 is 16.4. The molecule has 3 N–H and O–H groups in total. The normalized spacial score (nSPS) is 10.8. The van der Waals surface area contributed by atoms with Crippen LogP contribution in [-0.4, -0.2) is 44.2 Å². The number of carbonyl (C=O) groups is 3. The second kappa shape index (κ2) is 11.9. The van der Waals surface area contributed by atoms with Crippen molar-refractivity contribution >= 4 is 45.5 Å². The molecule has 0 atom stereocenters. The molecule has 0 radical (unpaired) electrons. The molecule has 3 aromatic carbocycles. The fourth-order valence-corrected chi connectivity index (χ4v) is 3.68. The van der Waals surface area contributed by atoms with Crippen molar-refractivity contribution in [1.82, 2.24) is 5.32 Å². The van der Waals surface area contributed by atoms with Crippen molar-refractivity contribution in [3.63, 3.8) is 0 Å². The summed E-state index contributed by atoms with van der Waals surface area (Å²) >= 11 is 3.34. The monoisotopic (exact) mass is 554 g/mol. The lowest BCUT2D eigenvalue weighted by Crippen LogP contribution is -2.31. The Morgan fingerprint density at radius 2 is 1.61 bits per heavy atom. The molecule has 3 rings (SSSR count). The number of rotatable bonds is 9. The minimum Gasteiger partial charge on any atom is -0.497 e. The van der Waals surface area contributed by atoms with Crippen LogP contribution in [0.1, 0.15) is 26.3 Å². The van der Waals surface area contributed by atoms with Crippen LogP contribution >= 0.6 is 15.9 Å². The van der Waals surface area contributed by atoms with Crippen LogP contribution in [0, 0.1) is 0 Å². The molecule has 0 heterocycles. The number of ether oxygens (including phenoxy) is 3. The molecule has 0 aliphatic rings. The third kappa shape index (κ3) is 6.22. The van der Waals surface area contributed by atoms with E-state index in [-0.39, 0.29) is 22.7 Å². The smallest absolute Gasteiger partial charge is 0.335 e. The van der Waals surface area contributed by atoms with E-state index < -0.39 is 17.8 Å². The van der Waals surface area contributed by atoms with Crippen LogP contribution in [-0.2, 0) is 4.79 Å². The second-order valence-electron chi connectivity index (χ2n) is 7.27. The van der Waals surface area contributed by atoms with E-state index >= 15 is 0 Å². The lowest BCUT2D eigenvalue weighted by atomic mass is 10.1. The fourth-order valence-electron chi connectivity index (χ4n) is 3.21. The minimum atomic E-state index is -1.17. The standard InChI is InChI=1S/C26H23BrN2O7/c1-34-17-10-8-15(23(14-17)36-3)12-21(29-24(30)18-6-4-5-7-19(18)27)25(31)28-20-13-16(26(32)33)9-11-22(20)35-2/h4-14H,1-3H3,(H,28,31)(H,29,30)(H,32,33). The van der Waals surface area contributed by atoms with Crippen molar-refractivity contribution in [2.75, 3.05) is 26.6 Å². The van der Waals surface area contributed by atoms with Gasteiger partial charge in [0.15, 0.2) is 0 Å². The zero-order valence-electron chi connectivity index (χ0n) is 19.6.